The first-order valence-electron chi connectivity index (χ1n) is 15.4. The minimum Gasteiger partial charge on any atom is -0.304 e. The Labute approximate surface area is 221 Å². The summed E-state index contributed by atoms with van der Waals surface area (Å²) in [5.41, 5.74) is 0.981. The molecular formula is C32H55N3O. The predicted molar refractivity (Wildman–Crippen MR) is 157 cm³/mol. The molecule has 1 aromatic carbocycles. The fraction of sp³-hybridized carbons (Fsp3) is 0.750. The van der Waals surface area contributed by atoms with Gasteiger partial charge >= 0.3 is 0 Å². The smallest absolute Gasteiger partial charge is 0.261 e. The van der Waals surface area contributed by atoms with Gasteiger partial charge in [0.1, 0.15) is 5.82 Å². The van der Waals surface area contributed by atoms with Crippen molar-refractivity contribution in [2.45, 2.75) is 136 Å². The number of rotatable bonds is 22. The summed E-state index contributed by atoms with van der Waals surface area (Å²) >= 11 is 0. The van der Waals surface area contributed by atoms with Crippen LogP contribution in [0.3, 0.4) is 0 Å². The molecule has 0 radical (unpaired) electrons. The highest BCUT2D eigenvalue weighted by atomic mass is 16.1. The van der Waals surface area contributed by atoms with Gasteiger partial charge in [-0.1, -0.05) is 123 Å². The van der Waals surface area contributed by atoms with Crippen molar-refractivity contribution in [1.82, 2.24) is 14.5 Å². The first-order chi connectivity index (χ1) is 17.7. The van der Waals surface area contributed by atoms with Gasteiger partial charge in [-0.25, -0.2) is 4.98 Å². The van der Waals surface area contributed by atoms with Gasteiger partial charge in [0.25, 0.3) is 5.56 Å². The topological polar surface area (TPSA) is 38.1 Å². The van der Waals surface area contributed by atoms with E-state index in [4.69, 9.17) is 4.98 Å². The number of benzene rings is 1. The second-order valence-corrected chi connectivity index (χ2v) is 10.6. The largest absolute Gasteiger partial charge is 0.304 e. The van der Waals surface area contributed by atoms with E-state index in [0.717, 1.165) is 62.2 Å². The molecule has 0 saturated heterocycles. The van der Waals surface area contributed by atoms with Crippen LogP contribution in [0.15, 0.2) is 29.1 Å². The third kappa shape index (κ3) is 11.6. The Bertz CT molecular complexity index is 871. The number of aryl methyl sites for hydroxylation is 1. The van der Waals surface area contributed by atoms with Crippen molar-refractivity contribution >= 4 is 10.9 Å². The van der Waals surface area contributed by atoms with Crippen LogP contribution in [-0.2, 0) is 13.0 Å². The molecule has 0 spiro atoms. The van der Waals surface area contributed by atoms with Crippen LogP contribution < -0.4 is 5.56 Å². The van der Waals surface area contributed by atoms with Gasteiger partial charge in [0.05, 0.1) is 10.9 Å². The van der Waals surface area contributed by atoms with Crippen molar-refractivity contribution in [2.75, 3.05) is 19.6 Å². The minimum atomic E-state index is 0.135. The van der Waals surface area contributed by atoms with Crippen LogP contribution in [0, 0.1) is 0 Å². The van der Waals surface area contributed by atoms with Crippen molar-refractivity contribution in [2.24, 2.45) is 0 Å². The second kappa shape index (κ2) is 19.4. The van der Waals surface area contributed by atoms with Crippen LogP contribution in [0.1, 0.15) is 129 Å². The average Bonchev–Trinajstić information content (AvgIpc) is 2.90. The highest BCUT2D eigenvalue weighted by Crippen LogP contribution is 2.15. The van der Waals surface area contributed by atoms with Gasteiger partial charge in [-0.3, -0.25) is 9.36 Å². The second-order valence-electron chi connectivity index (χ2n) is 10.6. The maximum atomic E-state index is 13.2. The summed E-state index contributed by atoms with van der Waals surface area (Å²) in [6.07, 6.45) is 22.5. The predicted octanol–water partition coefficient (Wildman–Crippen LogP) is 8.54. The molecule has 4 nitrogen and oxygen atoms in total. The van der Waals surface area contributed by atoms with Gasteiger partial charge in [-0.2, -0.15) is 0 Å². The highest BCUT2D eigenvalue weighted by molar-refractivity contribution is 5.77. The third-order valence-electron chi connectivity index (χ3n) is 7.70. The Balaban J connectivity index is 1.68. The summed E-state index contributed by atoms with van der Waals surface area (Å²) in [4.78, 5) is 20.6. The Morgan fingerprint density at radius 3 is 1.78 bits per heavy atom. The molecule has 0 aliphatic rings. The summed E-state index contributed by atoms with van der Waals surface area (Å²) in [5, 5.41) is 0.751. The van der Waals surface area contributed by atoms with E-state index in [2.05, 4.69) is 25.7 Å². The number of hydrogen-bond acceptors (Lipinski definition) is 3. The molecule has 2 rings (SSSR count). The van der Waals surface area contributed by atoms with E-state index in [1.807, 2.05) is 28.8 Å². The number of para-hydroxylation sites is 1. The van der Waals surface area contributed by atoms with Crippen LogP contribution in [0.25, 0.3) is 10.9 Å². The quantitative estimate of drug-likeness (QED) is 0.153. The van der Waals surface area contributed by atoms with Gasteiger partial charge in [0.15, 0.2) is 0 Å². The Morgan fingerprint density at radius 1 is 0.694 bits per heavy atom. The lowest BCUT2D eigenvalue weighted by Gasteiger charge is -2.19. The van der Waals surface area contributed by atoms with Gasteiger partial charge < -0.3 is 4.90 Å². The number of nitrogens with zero attached hydrogens (tertiary/aromatic N) is 3. The SMILES string of the molecule is CCCCCCCCCCCCCCCCCc1nc2ccccc2c(=O)n1CCCN(CC)CC. The van der Waals surface area contributed by atoms with Crippen molar-refractivity contribution in [3.05, 3.63) is 40.4 Å². The monoisotopic (exact) mass is 497 g/mol. The van der Waals surface area contributed by atoms with Crippen LogP contribution in [0.2, 0.25) is 0 Å². The summed E-state index contributed by atoms with van der Waals surface area (Å²) in [6, 6.07) is 7.83. The van der Waals surface area contributed by atoms with E-state index >= 15 is 0 Å². The Morgan fingerprint density at radius 2 is 1.22 bits per heavy atom. The number of hydrogen-bond donors (Lipinski definition) is 0. The lowest BCUT2D eigenvalue weighted by molar-refractivity contribution is 0.291. The molecule has 0 N–H and O–H groups in total. The average molecular weight is 498 g/mol. The van der Waals surface area contributed by atoms with Gasteiger partial charge in [-0.05, 0) is 44.6 Å². The molecule has 0 atom stereocenters. The highest BCUT2D eigenvalue weighted by Gasteiger charge is 2.11. The van der Waals surface area contributed by atoms with E-state index in [-0.39, 0.29) is 5.56 Å². The number of unbranched alkanes of at least 4 members (excludes halogenated alkanes) is 14. The summed E-state index contributed by atoms with van der Waals surface area (Å²) < 4.78 is 1.97. The van der Waals surface area contributed by atoms with Gasteiger partial charge in [-0.15, -0.1) is 0 Å². The standard InChI is InChI=1S/C32H55N3O/c1-4-7-8-9-10-11-12-13-14-15-16-17-18-19-20-26-31-33-30-25-22-21-24-29(30)32(36)35(31)28-23-27-34(5-2)6-3/h21-22,24-25H,4-20,23,26-28H2,1-3H3. The number of aromatic nitrogens is 2. The molecular weight excluding hydrogens is 442 g/mol. The first-order valence-corrected chi connectivity index (χ1v) is 15.4. The van der Waals surface area contributed by atoms with E-state index in [9.17, 15) is 4.79 Å². The maximum absolute atomic E-state index is 13.2. The van der Waals surface area contributed by atoms with Crippen LogP contribution >= 0.6 is 0 Å². The lowest BCUT2D eigenvalue weighted by atomic mass is 10.0. The molecule has 204 valence electrons. The summed E-state index contributed by atoms with van der Waals surface area (Å²) in [6.45, 7) is 10.6. The summed E-state index contributed by atoms with van der Waals surface area (Å²) in [7, 11) is 0. The van der Waals surface area contributed by atoms with E-state index < -0.39 is 0 Å². The van der Waals surface area contributed by atoms with Crippen molar-refractivity contribution in [3.8, 4) is 0 Å². The normalized spacial score (nSPS) is 11.7. The molecule has 1 aromatic heterocycles. The zero-order chi connectivity index (χ0) is 25.8. The molecule has 2 aromatic rings. The molecule has 0 amide bonds. The van der Waals surface area contributed by atoms with Crippen LogP contribution in [0.4, 0.5) is 0 Å². The van der Waals surface area contributed by atoms with Crippen molar-refractivity contribution in [3.63, 3.8) is 0 Å². The molecule has 0 aliphatic carbocycles. The third-order valence-corrected chi connectivity index (χ3v) is 7.70. The number of fused-ring (bicyclic) bond motifs is 1. The minimum absolute atomic E-state index is 0.135. The van der Waals surface area contributed by atoms with Crippen LogP contribution in [0.5, 0.6) is 0 Å². The van der Waals surface area contributed by atoms with Crippen molar-refractivity contribution < 1.29 is 0 Å². The fourth-order valence-corrected chi connectivity index (χ4v) is 5.28. The Kier molecular flexibility index (Phi) is 16.5. The molecule has 0 fully saturated rings. The van der Waals surface area contributed by atoms with Crippen LogP contribution in [-0.4, -0.2) is 34.1 Å². The van der Waals surface area contributed by atoms with E-state index in [1.54, 1.807) is 0 Å². The van der Waals surface area contributed by atoms with Gasteiger partial charge in [0.2, 0.25) is 0 Å². The molecule has 0 bridgehead atoms. The first kappa shape index (κ1) is 30.5. The van der Waals surface area contributed by atoms with Gasteiger partial charge in [0, 0.05) is 13.0 Å². The van der Waals surface area contributed by atoms with E-state index in [0.29, 0.717) is 0 Å². The van der Waals surface area contributed by atoms with E-state index in [1.165, 1.54) is 89.9 Å². The lowest BCUT2D eigenvalue weighted by Crippen LogP contribution is -2.29. The maximum Gasteiger partial charge on any atom is 0.261 e. The zero-order valence-corrected chi connectivity index (χ0v) is 23.9. The molecule has 0 aliphatic heterocycles. The molecule has 4 heteroatoms. The zero-order valence-electron chi connectivity index (χ0n) is 23.9. The molecule has 0 saturated carbocycles. The summed E-state index contributed by atoms with van der Waals surface area (Å²) in [5.74, 6) is 0.980. The molecule has 0 unspecified atom stereocenters. The molecule has 1 heterocycles. The van der Waals surface area contributed by atoms with Crippen molar-refractivity contribution in [1.29, 1.82) is 0 Å². The molecule has 36 heavy (non-hydrogen) atoms. The Hall–Kier alpha value is -1.68. The fourth-order valence-electron chi connectivity index (χ4n) is 5.28.